The molecule has 0 saturated carbocycles. The van der Waals surface area contributed by atoms with Crippen LogP contribution in [0.5, 0.6) is 0 Å². The highest BCUT2D eigenvalue weighted by Crippen LogP contribution is 2.18. The summed E-state index contributed by atoms with van der Waals surface area (Å²) >= 11 is 0. The molecular weight excluding hydrogens is 220 g/mol. The number of benzene rings is 1. The third-order valence-electron chi connectivity index (χ3n) is 2.06. The predicted octanol–water partition coefficient (Wildman–Crippen LogP) is -0.665. The van der Waals surface area contributed by atoms with E-state index in [1.54, 1.807) is 24.3 Å². The minimum Gasteiger partial charge on any atom is -0.368 e. The quantitative estimate of drug-likeness (QED) is 0.701. The Kier molecular flexibility index (Phi) is 4.06. The first-order chi connectivity index (χ1) is 8.04. The zero-order chi connectivity index (χ0) is 12.8. The number of hydrogen-bond donors (Lipinski definition) is 2. The van der Waals surface area contributed by atoms with Crippen LogP contribution in [0.3, 0.4) is 0 Å². The molecular formula is C11H12N4O2. The summed E-state index contributed by atoms with van der Waals surface area (Å²) in [6, 6.07) is 8.58. The molecule has 1 rings (SSSR count). The summed E-state index contributed by atoms with van der Waals surface area (Å²) in [5, 5.41) is 8.93. The van der Waals surface area contributed by atoms with E-state index >= 15 is 0 Å². The average molecular weight is 232 g/mol. The number of nitriles is 1. The second-order valence-corrected chi connectivity index (χ2v) is 3.42. The molecule has 6 heteroatoms. The lowest BCUT2D eigenvalue weighted by Gasteiger charge is -2.22. The smallest absolute Gasteiger partial charge is 0.236 e. The maximum atomic E-state index is 10.9. The SMILES string of the molecule is N#Cc1ccccc1N(CC(N)=O)CC(N)=O. The van der Waals surface area contributed by atoms with E-state index in [1.165, 1.54) is 4.90 Å². The monoisotopic (exact) mass is 232 g/mol. The van der Waals surface area contributed by atoms with E-state index in [2.05, 4.69) is 0 Å². The molecule has 0 heterocycles. The van der Waals surface area contributed by atoms with Crippen molar-refractivity contribution in [1.29, 1.82) is 5.26 Å². The molecule has 0 fully saturated rings. The molecule has 17 heavy (non-hydrogen) atoms. The van der Waals surface area contributed by atoms with E-state index in [0.717, 1.165) is 0 Å². The van der Waals surface area contributed by atoms with Crippen LogP contribution in [0.15, 0.2) is 24.3 Å². The van der Waals surface area contributed by atoms with Crippen molar-refractivity contribution in [2.24, 2.45) is 11.5 Å². The van der Waals surface area contributed by atoms with Crippen molar-refractivity contribution in [2.75, 3.05) is 18.0 Å². The largest absolute Gasteiger partial charge is 0.368 e. The van der Waals surface area contributed by atoms with Crippen molar-refractivity contribution in [3.05, 3.63) is 29.8 Å². The Labute approximate surface area is 98.4 Å². The molecule has 0 atom stereocenters. The summed E-state index contributed by atoms with van der Waals surface area (Å²) in [6.07, 6.45) is 0. The van der Waals surface area contributed by atoms with Crippen LogP contribution >= 0.6 is 0 Å². The summed E-state index contributed by atoms with van der Waals surface area (Å²) in [5.41, 5.74) is 11.0. The van der Waals surface area contributed by atoms with Gasteiger partial charge < -0.3 is 16.4 Å². The Bertz CT molecular complexity index is 463. The fourth-order valence-electron chi connectivity index (χ4n) is 1.45. The van der Waals surface area contributed by atoms with Crippen molar-refractivity contribution >= 4 is 17.5 Å². The molecule has 0 radical (unpaired) electrons. The van der Waals surface area contributed by atoms with Gasteiger partial charge in [0.1, 0.15) is 6.07 Å². The molecule has 1 aromatic rings. The van der Waals surface area contributed by atoms with E-state index in [1.807, 2.05) is 6.07 Å². The minimum absolute atomic E-state index is 0.165. The Balaban J connectivity index is 3.07. The van der Waals surface area contributed by atoms with Crippen molar-refractivity contribution in [1.82, 2.24) is 0 Å². The fourth-order valence-corrected chi connectivity index (χ4v) is 1.45. The van der Waals surface area contributed by atoms with E-state index in [9.17, 15) is 9.59 Å². The Hall–Kier alpha value is -2.55. The van der Waals surface area contributed by atoms with Gasteiger partial charge in [0.05, 0.1) is 24.3 Å². The van der Waals surface area contributed by atoms with E-state index in [-0.39, 0.29) is 13.1 Å². The first-order valence-corrected chi connectivity index (χ1v) is 4.85. The summed E-state index contributed by atoms with van der Waals surface area (Å²) in [7, 11) is 0. The Morgan fingerprint density at radius 3 is 2.18 bits per heavy atom. The van der Waals surface area contributed by atoms with Gasteiger partial charge >= 0.3 is 0 Å². The lowest BCUT2D eigenvalue weighted by Crippen LogP contribution is -2.40. The highest BCUT2D eigenvalue weighted by Gasteiger charge is 2.15. The summed E-state index contributed by atoms with van der Waals surface area (Å²) < 4.78 is 0. The number of anilines is 1. The van der Waals surface area contributed by atoms with E-state index < -0.39 is 11.8 Å². The lowest BCUT2D eigenvalue weighted by atomic mass is 10.1. The van der Waals surface area contributed by atoms with E-state index in [4.69, 9.17) is 16.7 Å². The topological polar surface area (TPSA) is 113 Å². The predicted molar refractivity (Wildman–Crippen MR) is 61.8 cm³/mol. The normalized spacial score (nSPS) is 9.35. The van der Waals surface area contributed by atoms with Crippen LogP contribution in [-0.2, 0) is 9.59 Å². The molecule has 0 saturated heterocycles. The van der Waals surface area contributed by atoms with Crippen LogP contribution in [0, 0.1) is 11.3 Å². The lowest BCUT2D eigenvalue weighted by molar-refractivity contribution is -0.117. The molecule has 4 N–H and O–H groups in total. The maximum Gasteiger partial charge on any atom is 0.236 e. The Morgan fingerprint density at radius 1 is 1.18 bits per heavy atom. The summed E-state index contributed by atoms with van der Waals surface area (Å²) in [5.74, 6) is -1.20. The second-order valence-electron chi connectivity index (χ2n) is 3.42. The molecule has 6 nitrogen and oxygen atoms in total. The molecule has 0 unspecified atom stereocenters. The van der Waals surface area contributed by atoms with Crippen molar-refractivity contribution in [2.45, 2.75) is 0 Å². The van der Waals surface area contributed by atoms with Crippen LogP contribution in [0.2, 0.25) is 0 Å². The molecule has 1 aromatic carbocycles. The van der Waals surface area contributed by atoms with Crippen LogP contribution in [0.1, 0.15) is 5.56 Å². The van der Waals surface area contributed by atoms with Crippen molar-refractivity contribution < 1.29 is 9.59 Å². The molecule has 2 amide bonds. The van der Waals surface area contributed by atoms with Gasteiger partial charge in [0.25, 0.3) is 0 Å². The van der Waals surface area contributed by atoms with Gasteiger partial charge in [-0.15, -0.1) is 0 Å². The van der Waals surface area contributed by atoms with Gasteiger partial charge in [-0.2, -0.15) is 5.26 Å². The number of nitrogens with two attached hydrogens (primary N) is 2. The number of nitrogens with zero attached hydrogens (tertiary/aromatic N) is 2. The van der Waals surface area contributed by atoms with Gasteiger partial charge in [-0.05, 0) is 12.1 Å². The first-order valence-electron chi connectivity index (χ1n) is 4.85. The number of hydrogen-bond acceptors (Lipinski definition) is 4. The highest BCUT2D eigenvalue weighted by molar-refractivity contribution is 5.85. The minimum atomic E-state index is -0.598. The standard InChI is InChI=1S/C11H12N4O2/c12-5-8-3-1-2-4-9(8)15(6-10(13)16)7-11(14)17/h1-4H,6-7H2,(H2,13,16)(H2,14,17). The van der Waals surface area contributed by atoms with Crippen LogP contribution in [0.25, 0.3) is 0 Å². The zero-order valence-electron chi connectivity index (χ0n) is 9.09. The third kappa shape index (κ3) is 3.50. The van der Waals surface area contributed by atoms with Gasteiger partial charge in [-0.25, -0.2) is 0 Å². The molecule has 0 aliphatic carbocycles. The average Bonchev–Trinajstić information content (AvgIpc) is 2.27. The number of carbonyl (C=O) groups is 2. The molecule has 88 valence electrons. The Morgan fingerprint density at radius 2 is 1.71 bits per heavy atom. The summed E-state index contributed by atoms with van der Waals surface area (Å²) in [4.78, 5) is 23.2. The molecule has 0 aromatic heterocycles. The number of amides is 2. The third-order valence-corrected chi connectivity index (χ3v) is 2.06. The van der Waals surface area contributed by atoms with Gasteiger partial charge in [0.2, 0.25) is 11.8 Å². The maximum absolute atomic E-state index is 10.9. The first kappa shape index (κ1) is 12.5. The molecule has 0 spiro atoms. The van der Waals surface area contributed by atoms with Gasteiger partial charge in [-0.3, -0.25) is 9.59 Å². The summed E-state index contributed by atoms with van der Waals surface area (Å²) in [6.45, 7) is -0.330. The number of primary amides is 2. The van der Waals surface area contributed by atoms with Crippen LogP contribution < -0.4 is 16.4 Å². The van der Waals surface area contributed by atoms with Gasteiger partial charge in [0, 0.05) is 0 Å². The zero-order valence-corrected chi connectivity index (χ0v) is 9.09. The van der Waals surface area contributed by atoms with Crippen LogP contribution in [0.4, 0.5) is 5.69 Å². The highest BCUT2D eigenvalue weighted by atomic mass is 16.2. The van der Waals surface area contributed by atoms with Gasteiger partial charge in [-0.1, -0.05) is 12.1 Å². The van der Waals surface area contributed by atoms with Crippen LogP contribution in [-0.4, -0.2) is 24.9 Å². The van der Waals surface area contributed by atoms with Crippen molar-refractivity contribution in [3.8, 4) is 6.07 Å². The van der Waals surface area contributed by atoms with E-state index in [0.29, 0.717) is 11.3 Å². The van der Waals surface area contributed by atoms with Gasteiger partial charge in [0.15, 0.2) is 0 Å². The second kappa shape index (κ2) is 5.51. The molecule has 0 bridgehead atoms. The molecule has 0 aliphatic rings. The fraction of sp³-hybridized carbons (Fsp3) is 0.182. The number of carbonyl (C=O) groups excluding carboxylic acids is 2. The molecule has 0 aliphatic heterocycles. The number of para-hydroxylation sites is 1. The number of rotatable bonds is 5. The van der Waals surface area contributed by atoms with Crippen molar-refractivity contribution in [3.63, 3.8) is 0 Å².